The van der Waals surface area contributed by atoms with Crippen molar-refractivity contribution in [3.05, 3.63) is 46.4 Å². The lowest BCUT2D eigenvalue weighted by Gasteiger charge is -2.21. The average molecular weight is 437 g/mol. The van der Waals surface area contributed by atoms with Crippen molar-refractivity contribution in [2.75, 3.05) is 19.3 Å². The Balaban J connectivity index is 1.42. The Labute approximate surface area is 175 Å². The summed E-state index contributed by atoms with van der Waals surface area (Å²) in [4.78, 5) is 16.0. The van der Waals surface area contributed by atoms with Crippen molar-refractivity contribution in [1.29, 1.82) is 0 Å². The Hall–Kier alpha value is -1.77. The van der Waals surface area contributed by atoms with Crippen LogP contribution in [0.4, 0.5) is 4.39 Å². The third-order valence-electron chi connectivity index (χ3n) is 5.72. The van der Waals surface area contributed by atoms with Crippen LogP contribution in [0.3, 0.4) is 0 Å². The van der Waals surface area contributed by atoms with Gasteiger partial charge in [-0.25, -0.2) is 17.5 Å². The summed E-state index contributed by atoms with van der Waals surface area (Å²) < 4.78 is 39.9. The standard InChI is InChI=1S/C21H25FN2O3S2/c1-29(26,27)23-14-5-4-10-24(11-8-14)21(25)18-13-17(18)20-16(9-12-28-20)15-6-2-3-7-19(15)22/h2-3,6-7,9,12,14,17-18,23H,4-5,8,10-11,13H2,1H3/t14-,17-,18-/m1/s1. The van der Waals surface area contributed by atoms with E-state index in [1.165, 1.54) is 12.3 Å². The van der Waals surface area contributed by atoms with Gasteiger partial charge in [0, 0.05) is 41.4 Å². The summed E-state index contributed by atoms with van der Waals surface area (Å²) >= 11 is 1.59. The highest BCUT2D eigenvalue weighted by atomic mass is 32.2. The molecule has 0 bridgehead atoms. The van der Waals surface area contributed by atoms with Gasteiger partial charge < -0.3 is 4.90 Å². The molecular formula is C21H25FN2O3S2. The zero-order valence-corrected chi connectivity index (χ0v) is 17.9. The average Bonchev–Trinajstić information content (AvgIpc) is 3.37. The largest absolute Gasteiger partial charge is 0.342 e. The number of hydrogen-bond donors (Lipinski definition) is 1. The van der Waals surface area contributed by atoms with E-state index in [0.29, 0.717) is 25.1 Å². The predicted molar refractivity (Wildman–Crippen MR) is 113 cm³/mol. The number of thiophene rings is 1. The molecule has 1 saturated carbocycles. The minimum atomic E-state index is -3.24. The fraction of sp³-hybridized carbons (Fsp3) is 0.476. The summed E-state index contributed by atoms with van der Waals surface area (Å²) in [7, 11) is -3.24. The van der Waals surface area contributed by atoms with Crippen LogP contribution in [0.2, 0.25) is 0 Å². The normalized spacial score (nSPS) is 24.9. The van der Waals surface area contributed by atoms with Gasteiger partial charge in [-0.1, -0.05) is 18.2 Å². The Morgan fingerprint density at radius 1 is 1.17 bits per heavy atom. The molecule has 0 radical (unpaired) electrons. The molecule has 2 heterocycles. The van der Waals surface area contributed by atoms with E-state index in [2.05, 4.69) is 4.72 Å². The summed E-state index contributed by atoms with van der Waals surface area (Å²) in [5, 5.41) is 1.96. The summed E-state index contributed by atoms with van der Waals surface area (Å²) in [6.45, 7) is 1.23. The number of amides is 1. The zero-order chi connectivity index (χ0) is 20.6. The third kappa shape index (κ3) is 4.70. The number of carbonyl (C=O) groups excluding carboxylic acids is 1. The molecule has 1 aromatic carbocycles. The summed E-state index contributed by atoms with van der Waals surface area (Å²) in [6, 6.07) is 8.58. The molecule has 1 aromatic heterocycles. The molecule has 2 aliphatic rings. The van der Waals surface area contributed by atoms with E-state index in [0.717, 1.165) is 29.7 Å². The van der Waals surface area contributed by atoms with Gasteiger partial charge in [-0.15, -0.1) is 11.3 Å². The lowest BCUT2D eigenvalue weighted by molar-refractivity contribution is -0.132. The van der Waals surface area contributed by atoms with Gasteiger partial charge in [0.05, 0.1) is 6.26 Å². The van der Waals surface area contributed by atoms with E-state index in [1.807, 2.05) is 22.4 Å². The van der Waals surface area contributed by atoms with Crippen molar-refractivity contribution in [3.8, 4) is 11.1 Å². The van der Waals surface area contributed by atoms with Crippen LogP contribution in [0.25, 0.3) is 11.1 Å². The predicted octanol–water partition coefficient (Wildman–Crippen LogP) is 3.59. The number of benzene rings is 1. The first-order valence-electron chi connectivity index (χ1n) is 9.92. The Kier molecular flexibility index (Phi) is 5.77. The van der Waals surface area contributed by atoms with E-state index in [9.17, 15) is 17.6 Å². The molecule has 8 heteroatoms. The molecule has 5 nitrogen and oxygen atoms in total. The van der Waals surface area contributed by atoms with Crippen LogP contribution in [0.15, 0.2) is 35.7 Å². The SMILES string of the molecule is CS(=O)(=O)N[C@@H]1CCCN(C(=O)[C@@H]2C[C@H]2c2sccc2-c2ccccc2F)CC1. The maximum absolute atomic E-state index is 14.2. The molecule has 3 atom stereocenters. The van der Waals surface area contributed by atoms with Crippen molar-refractivity contribution in [3.63, 3.8) is 0 Å². The molecule has 2 aromatic rings. The van der Waals surface area contributed by atoms with Gasteiger partial charge in [0.2, 0.25) is 15.9 Å². The van der Waals surface area contributed by atoms with E-state index in [-0.39, 0.29) is 29.6 Å². The highest BCUT2D eigenvalue weighted by Crippen LogP contribution is 2.53. The van der Waals surface area contributed by atoms with Crippen LogP contribution in [-0.4, -0.2) is 44.6 Å². The first-order chi connectivity index (χ1) is 13.8. The van der Waals surface area contributed by atoms with Crippen LogP contribution in [0, 0.1) is 11.7 Å². The van der Waals surface area contributed by atoms with E-state index in [1.54, 1.807) is 23.5 Å². The van der Waals surface area contributed by atoms with Crippen LogP contribution in [-0.2, 0) is 14.8 Å². The molecule has 1 aliphatic heterocycles. The number of halogens is 1. The molecule has 29 heavy (non-hydrogen) atoms. The van der Waals surface area contributed by atoms with Gasteiger partial charge in [-0.3, -0.25) is 4.79 Å². The number of sulfonamides is 1. The number of rotatable bonds is 5. The first kappa shape index (κ1) is 20.5. The molecule has 1 aliphatic carbocycles. The number of nitrogens with one attached hydrogen (secondary N) is 1. The molecule has 0 spiro atoms. The second kappa shape index (κ2) is 8.16. The van der Waals surface area contributed by atoms with Crippen molar-refractivity contribution < 1.29 is 17.6 Å². The van der Waals surface area contributed by atoms with Crippen molar-refractivity contribution in [2.24, 2.45) is 5.92 Å². The second-order valence-electron chi connectivity index (χ2n) is 7.97. The molecule has 1 N–H and O–H groups in total. The zero-order valence-electron chi connectivity index (χ0n) is 16.3. The lowest BCUT2D eigenvalue weighted by Crippen LogP contribution is -2.36. The Bertz CT molecular complexity index is 1000. The molecule has 1 saturated heterocycles. The summed E-state index contributed by atoms with van der Waals surface area (Å²) in [6.07, 6.45) is 4.13. The number of carbonyl (C=O) groups is 1. The molecule has 156 valence electrons. The van der Waals surface area contributed by atoms with Crippen LogP contribution < -0.4 is 4.72 Å². The second-order valence-corrected chi connectivity index (χ2v) is 10.7. The van der Waals surface area contributed by atoms with Gasteiger partial charge >= 0.3 is 0 Å². The Morgan fingerprint density at radius 2 is 1.97 bits per heavy atom. The van der Waals surface area contributed by atoms with Crippen molar-refractivity contribution >= 4 is 27.3 Å². The molecular weight excluding hydrogens is 411 g/mol. The number of nitrogens with zero attached hydrogens (tertiary/aromatic N) is 1. The van der Waals surface area contributed by atoms with Crippen LogP contribution >= 0.6 is 11.3 Å². The van der Waals surface area contributed by atoms with Crippen molar-refractivity contribution in [2.45, 2.75) is 37.6 Å². The number of hydrogen-bond acceptors (Lipinski definition) is 4. The van der Waals surface area contributed by atoms with Gasteiger partial charge in [-0.05, 0) is 48.8 Å². The summed E-state index contributed by atoms with van der Waals surface area (Å²) in [5.41, 5.74) is 1.48. The smallest absolute Gasteiger partial charge is 0.226 e. The van der Waals surface area contributed by atoms with Crippen LogP contribution in [0.1, 0.15) is 36.5 Å². The van der Waals surface area contributed by atoms with Gasteiger partial charge in [0.25, 0.3) is 0 Å². The quantitative estimate of drug-likeness (QED) is 0.779. The number of likely N-dealkylation sites (tertiary alicyclic amines) is 1. The van der Waals surface area contributed by atoms with E-state index < -0.39 is 10.0 Å². The van der Waals surface area contributed by atoms with E-state index in [4.69, 9.17) is 0 Å². The topological polar surface area (TPSA) is 66.5 Å². The third-order valence-corrected chi connectivity index (χ3v) is 7.53. The highest BCUT2D eigenvalue weighted by Gasteiger charge is 2.47. The fourth-order valence-corrected chi connectivity index (χ4v) is 6.17. The molecule has 2 fully saturated rings. The maximum atomic E-state index is 14.2. The maximum Gasteiger partial charge on any atom is 0.226 e. The first-order valence-corrected chi connectivity index (χ1v) is 12.7. The molecule has 0 unspecified atom stereocenters. The van der Waals surface area contributed by atoms with Crippen LogP contribution in [0.5, 0.6) is 0 Å². The minimum absolute atomic E-state index is 0.0569. The van der Waals surface area contributed by atoms with Gasteiger partial charge in [0.1, 0.15) is 5.82 Å². The molecule has 4 rings (SSSR count). The van der Waals surface area contributed by atoms with E-state index >= 15 is 0 Å². The monoisotopic (exact) mass is 436 g/mol. The fourth-order valence-electron chi connectivity index (χ4n) is 4.24. The minimum Gasteiger partial charge on any atom is -0.342 e. The van der Waals surface area contributed by atoms with Gasteiger partial charge in [-0.2, -0.15) is 0 Å². The lowest BCUT2D eigenvalue weighted by atomic mass is 10.0. The van der Waals surface area contributed by atoms with Gasteiger partial charge in [0.15, 0.2) is 0 Å². The Morgan fingerprint density at radius 3 is 2.72 bits per heavy atom. The molecule has 1 amide bonds. The van der Waals surface area contributed by atoms with Crippen molar-refractivity contribution in [1.82, 2.24) is 9.62 Å². The summed E-state index contributed by atoms with van der Waals surface area (Å²) in [5.74, 6) is -0.0145. The highest BCUT2D eigenvalue weighted by molar-refractivity contribution is 7.88.